The number of aryl methyl sites for hydroxylation is 1. The molecule has 1 amide bonds. The number of carbonyl (C=O) groups excluding carboxylic acids is 1. The van der Waals surface area contributed by atoms with E-state index in [0.29, 0.717) is 12.1 Å². The molecule has 204 valence electrons. The summed E-state index contributed by atoms with van der Waals surface area (Å²) in [6.45, 7) is 4.57. The van der Waals surface area contributed by atoms with E-state index in [1.807, 2.05) is 6.92 Å². The Morgan fingerprint density at radius 1 is 1.37 bits per heavy atom. The van der Waals surface area contributed by atoms with Crippen LogP contribution in [0.5, 0.6) is 0 Å². The molecule has 5 atom stereocenters. The van der Waals surface area contributed by atoms with Gasteiger partial charge in [0.25, 0.3) is 0 Å². The van der Waals surface area contributed by atoms with E-state index in [4.69, 9.17) is 14.0 Å². The zero-order chi connectivity index (χ0) is 27.3. The second kappa shape index (κ2) is 12.2. The average Bonchev–Trinajstić information content (AvgIpc) is 3.46. The molecule has 4 rings (SSSR count). The Labute approximate surface area is 217 Å². The van der Waals surface area contributed by atoms with Crippen LogP contribution < -0.4 is 5.32 Å². The highest BCUT2D eigenvalue weighted by Crippen LogP contribution is 2.45. The van der Waals surface area contributed by atoms with Gasteiger partial charge < -0.3 is 29.3 Å². The van der Waals surface area contributed by atoms with Crippen molar-refractivity contribution >= 4 is 30.5 Å². The van der Waals surface area contributed by atoms with E-state index in [0.717, 1.165) is 5.56 Å². The number of allylic oxidation sites excluding steroid dienone is 1. The number of nitrogens with zero attached hydrogens (tertiary/aromatic N) is 5. The summed E-state index contributed by atoms with van der Waals surface area (Å²) in [5, 5.41) is 12.4. The summed E-state index contributed by atoms with van der Waals surface area (Å²) >= 11 is 0. The average molecular weight is 550 g/mol. The highest BCUT2D eigenvalue weighted by Gasteiger charge is 2.48. The van der Waals surface area contributed by atoms with Crippen LogP contribution in [0.2, 0.25) is 0 Å². The number of aliphatic hydroxyl groups is 1. The van der Waals surface area contributed by atoms with Crippen molar-refractivity contribution in [1.29, 1.82) is 0 Å². The standard InChI is InChI=1S/C23H28FN6O7P/c1-3-4-5-17(32)29-21-19-22(27-11-26-21)30(12-28-19)23-18(24)20(16(9-31)37-23)35-13-38(33,34)36-10-15-8-14(2)6-7-25-15/h3,6-8,11-12,16,18,20,23,31H,1,4-5,9-10,13H2,2H3,(H,33,34)(H,26,27,29,32)/t16-,18+,20?,23-/m1/s1. The number of fused-ring (bicyclic) bond motifs is 1. The number of nitrogens with one attached hydrogen (secondary N) is 1. The van der Waals surface area contributed by atoms with Crippen LogP contribution >= 0.6 is 7.60 Å². The van der Waals surface area contributed by atoms with Crippen molar-refractivity contribution in [3.8, 4) is 0 Å². The van der Waals surface area contributed by atoms with Gasteiger partial charge in [-0.3, -0.25) is 18.9 Å². The quantitative estimate of drug-likeness (QED) is 0.223. The third-order valence-electron chi connectivity index (χ3n) is 5.73. The summed E-state index contributed by atoms with van der Waals surface area (Å²) in [6, 6.07) is 3.47. The van der Waals surface area contributed by atoms with Crippen LogP contribution in [0.25, 0.3) is 11.2 Å². The smallest absolute Gasteiger partial charge is 0.353 e. The van der Waals surface area contributed by atoms with Crippen LogP contribution in [0.3, 0.4) is 0 Å². The van der Waals surface area contributed by atoms with Crippen LogP contribution in [0.1, 0.15) is 30.3 Å². The van der Waals surface area contributed by atoms with Crippen molar-refractivity contribution in [1.82, 2.24) is 24.5 Å². The number of amides is 1. The number of ether oxygens (including phenoxy) is 2. The topological polar surface area (TPSA) is 171 Å². The van der Waals surface area contributed by atoms with Crippen LogP contribution in [0.15, 0.2) is 43.6 Å². The molecule has 15 heteroatoms. The molecule has 1 aliphatic heterocycles. The van der Waals surface area contributed by atoms with E-state index < -0.39 is 45.2 Å². The molecular weight excluding hydrogens is 522 g/mol. The fourth-order valence-corrected chi connectivity index (χ4v) is 4.65. The number of alkyl halides is 1. The molecule has 0 aliphatic carbocycles. The van der Waals surface area contributed by atoms with Gasteiger partial charge in [-0.25, -0.2) is 19.3 Å². The van der Waals surface area contributed by atoms with Gasteiger partial charge in [0.2, 0.25) is 5.91 Å². The SMILES string of the molecule is C=CCCC(=O)Nc1ncnc2c1ncn2[C@@H]1O[C@H](CO)C(OCP(=O)(O)OCc2cc(C)ccn2)[C@@H]1F. The molecule has 1 saturated heterocycles. The third-order valence-corrected chi connectivity index (χ3v) is 6.74. The van der Waals surface area contributed by atoms with Gasteiger partial charge in [-0.2, -0.15) is 0 Å². The Balaban J connectivity index is 1.44. The first kappa shape index (κ1) is 27.9. The van der Waals surface area contributed by atoms with Crippen LogP contribution in [-0.2, 0) is 30.0 Å². The number of aliphatic hydroxyl groups excluding tert-OH is 1. The Hall–Kier alpha value is -3.13. The molecule has 0 aromatic carbocycles. The van der Waals surface area contributed by atoms with E-state index >= 15 is 4.39 Å². The number of hydrogen-bond donors (Lipinski definition) is 3. The highest BCUT2D eigenvalue weighted by molar-refractivity contribution is 7.52. The van der Waals surface area contributed by atoms with Crippen LogP contribution in [0.4, 0.5) is 10.2 Å². The Morgan fingerprint density at radius 3 is 2.92 bits per heavy atom. The summed E-state index contributed by atoms with van der Waals surface area (Å²) in [5.41, 5.74) is 1.73. The van der Waals surface area contributed by atoms with Gasteiger partial charge in [0.1, 0.15) is 24.9 Å². The lowest BCUT2D eigenvalue weighted by Crippen LogP contribution is -2.34. The van der Waals surface area contributed by atoms with E-state index in [9.17, 15) is 19.4 Å². The first-order chi connectivity index (χ1) is 18.2. The van der Waals surface area contributed by atoms with Gasteiger partial charge in [-0.05, 0) is 31.0 Å². The van der Waals surface area contributed by atoms with E-state index in [1.165, 1.54) is 17.2 Å². The molecule has 2 unspecified atom stereocenters. The number of anilines is 1. The molecule has 13 nitrogen and oxygen atoms in total. The zero-order valence-electron chi connectivity index (χ0n) is 20.5. The maximum atomic E-state index is 15.5. The minimum Gasteiger partial charge on any atom is -0.394 e. The lowest BCUT2D eigenvalue weighted by Gasteiger charge is -2.20. The largest absolute Gasteiger partial charge is 0.394 e. The lowest BCUT2D eigenvalue weighted by molar-refractivity contribution is -0.116. The van der Waals surface area contributed by atoms with Gasteiger partial charge in [-0.1, -0.05) is 6.08 Å². The molecule has 38 heavy (non-hydrogen) atoms. The van der Waals surface area contributed by atoms with Gasteiger partial charge >= 0.3 is 7.60 Å². The number of rotatable bonds is 12. The van der Waals surface area contributed by atoms with Crippen molar-refractivity contribution < 1.29 is 37.7 Å². The monoisotopic (exact) mass is 550 g/mol. The molecular formula is C23H28FN6O7P. The van der Waals surface area contributed by atoms with Crippen molar-refractivity contribution in [2.45, 2.75) is 51.0 Å². The predicted octanol–water partition coefficient (Wildman–Crippen LogP) is 2.41. The van der Waals surface area contributed by atoms with E-state index in [-0.39, 0.29) is 35.9 Å². The molecule has 3 aromatic rings. The summed E-state index contributed by atoms with van der Waals surface area (Å²) in [7, 11) is -4.29. The number of aromatic nitrogens is 5. The van der Waals surface area contributed by atoms with Gasteiger partial charge in [-0.15, -0.1) is 6.58 Å². The normalized spacial score (nSPS) is 22.8. The Bertz CT molecular complexity index is 1340. The third kappa shape index (κ3) is 6.46. The molecule has 1 aliphatic rings. The minimum atomic E-state index is -4.29. The summed E-state index contributed by atoms with van der Waals surface area (Å²) in [5.74, 6) is -0.160. The maximum Gasteiger partial charge on any atom is 0.353 e. The molecule has 3 N–H and O–H groups in total. The zero-order valence-corrected chi connectivity index (χ0v) is 21.4. The summed E-state index contributed by atoms with van der Waals surface area (Å²) in [6.07, 6.45) is -0.265. The van der Waals surface area contributed by atoms with Crippen LogP contribution in [-0.4, -0.2) is 71.7 Å². The Kier molecular flexibility index (Phi) is 8.92. The Morgan fingerprint density at radius 2 is 2.18 bits per heavy atom. The summed E-state index contributed by atoms with van der Waals surface area (Å²) < 4.78 is 45.5. The second-order valence-corrected chi connectivity index (χ2v) is 10.4. The van der Waals surface area contributed by atoms with Crippen molar-refractivity contribution in [2.75, 3.05) is 18.3 Å². The lowest BCUT2D eigenvalue weighted by atomic mass is 10.1. The molecule has 0 radical (unpaired) electrons. The van der Waals surface area contributed by atoms with Gasteiger partial charge in [0.15, 0.2) is 29.4 Å². The van der Waals surface area contributed by atoms with Crippen LogP contribution in [0, 0.1) is 6.92 Å². The number of carbonyl (C=O) groups is 1. The highest BCUT2D eigenvalue weighted by atomic mass is 31.2. The molecule has 0 saturated carbocycles. The van der Waals surface area contributed by atoms with Crippen molar-refractivity contribution in [3.05, 3.63) is 54.9 Å². The number of pyridine rings is 1. The number of halogens is 1. The molecule has 0 bridgehead atoms. The molecule has 3 aromatic heterocycles. The fourth-order valence-electron chi connectivity index (χ4n) is 3.88. The van der Waals surface area contributed by atoms with E-state index in [1.54, 1.807) is 24.4 Å². The predicted molar refractivity (Wildman–Crippen MR) is 133 cm³/mol. The van der Waals surface area contributed by atoms with Crippen molar-refractivity contribution in [2.24, 2.45) is 0 Å². The molecule has 1 fully saturated rings. The second-order valence-electron chi connectivity index (χ2n) is 8.61. The number of imidazole rings is 1. The fraction of sp³-hybridized carbons (Fsp3) is 0.435. The first-order valence-electron chi connectivity index (χ1n) is 11.7. The van der Waals surface area contributed by atoms with Crippen molar-refractivity contribution in [3.63, 3.8) is 0 Å². The summed E-state index contributed by atoms with van der Waals surface area (Å²) in [4.78, 5) is 38.7. The first-order valence-corrected chi connectivity index (χ1v) is 13.5. The maximum absolute atomic E-state index is 15.5. The van der Waals surface area contributed by atoms with Gasteiger partial charge in [0, 0.05) is 12.6 Å². The number of hydrogen-bond acceptors (Lipinski definition) is 10. The molecule has 4 heterocycles. The molecule has 0 spiro atoms. The van der Waals surface area contributed by atoms with Gasteiger partial charge in [0.05, 0.1) is 25.2 Å². The van der Waals surface area contributed by atoms with E-state index in [2.05, 4.69) is 31.8 Å². The minimum absolute atomic E-state index is 0.143.